The number of benzene rings is 1. The van der Waals surface area contributed by atoms with E-state index in [1.807, 2.05) is 22.8 Å². The van der Waals surface area contributed by atoms with Crippen LogP contribution in [-0.4, -0.2) is 28.4 Å². The predicted molar refractivity (Wildman–Crippen MR) is 66.1 cm³/mol. The molecule has 1 N–H and O–H groups in total. The Balaban J connectivity index is 2.58. The number of rotatable bonds is 4. The smallest absolute Gasteiger partial charge is 0.121 e. The van der Waals surface area contributed by atoms with Crippen molar-refractivity contribution < 1.29 is 9.84 Å². The van der Waals surface area contributed by atoms with Crippen LogP contribution in [0, 0.1) is 0 Å². The molecule has 0 fully saturated rings. The molecular formula is C11H14N2O2S. The lowest BCUT2D eigenvalue weighted by Crippen LogP contribution is -2.05. The quantitative estimate of drug-likeness (QED) is 0.793. The van der Waals surface area contributed by atoms with Crippen LogP contribution < -0.4 is 4.74 Å². The van der Waals surface area contributed by atoms with E-state index in [4.69, 9.17) is 9.84 Å². The van der Waals surface area contributed by atoms with Crippen molar-refractivity contribution in [2.75, 3.05) is 13.7 Å². The summed E-state index contributed by atoms with van der Waals surface area (Å²) in [5, 5.41) is 9.02. The van der Waals surface area contributed by atoms with Gasteiger partial charge in [-0.3, -0.25) is 0 Å². The van der Waals surface area contributed by atoms with Gasteiger partial charge in [-0.25, -0.2) is 4.98 Å². The second-order valence-electron chi connectivity index (χ2n) is 3.42. The molecule has 0 atom stereocenters. The number of thiol groups is 1. The highest BCUT2D eigenvalue weighted by Crippen LogP contribution is 2.22. The van der Waals surface area contributed by atoms with Crippen molar-refractivity contribution in [3.05, 3.63) is 24.0 Å². The van der Waals surface area contributed by atoms with Crippen molar-refractivity contribution in [1.82, 2.24) is 9.55 Å². The van der Waals surface area contributed by atoms with Gasteiger partial charge in [0, 0.05) is 18.4 Å². The van der Waals surface area contributed by atoms with Crippen molar-refractivity contribution in [2.45, 2.75) is 12.3 Å². The van der Waals surface area contributed by atoms with Crippen molar-refractivity contribution in [3.8, 4) is 5.75 Å². The lowest BCUT2D eigenvalue weighted by atomic mass is 10.3. The highest BCUT2D eigenvalue weighted by atomic mass is 32.1. The lowest BCUT2D eigenvalue weighted by molar-refractivity contribution is 0.276. The maximum Gasteiger partial charge on any atom is 0.121 e. The highest BCUT2D eigenvalue weighted by Gasteiger charge is 2.09. The third-order valence-corrected chi connectivity index (χ3v) is 2.78. The number of ether oxygens (including phenoxy) is 1. The molecule has 1 aromatic carbocycles. The van der Waals surface area contributed by atoms with Crippen LogP contribution in [0.25, 0.3) is 11.0 Å². The zero-order valence-electron chi connectivity index (χ0n) is 9.05. The van der Waals surface area contributed by atoms with E-state index in [9.17, 15) is 0 Å². The lowest BCUT2D eigenvalue weighted by Gasteiger charge is -2.05. The average Bonchev–Trinajstić information content (AvgIpc) is 2.67. The Kier molecular flexibility index (Phi) is 3.36. The van der Waals surface area contributed by atoms with E-state index < -0.39 is 0 Å². The van der Waals surface area contributed by atoms with Gasteiger partial charge in [0.25, 0.3) is 0 Å². The monoisotopic (exact) mass is 238 g/mol. The van der Waals surface area contributed by atoms with Crippen LogP contribution in [0.4, 0.5) is 0 Å². The van der Waals surface area contributed by atoms with Crippen LogP contribution in [0.15, 0.2) is 18.2 Å². The highest BCUT2D eigenvalue weighted by molar-refractivity contribution is 7.79. The van der Waals surface area contributed by atoms with Crippen LogP contribution >= 0.6 is 12.6 Å². The molecule has 5 heteroatoms. The predicted octanol–water partition coefficient (Wildman–Crippen LogP) is 1.47. The van der Waals surface area contributed by atoms with Gasteiger partial charge < -0.3 is 14.4 Å². The number of nitrogens with zero attached hydrogens (tertiary/aromatic N) is 2. The number of imidazole rings is 1. The van der Waals surface area contributed by atoms with Crippen molar-refractivity contribution in [2.24, 2.45) is 0 Å². The van der Waals surface area contributed by atoms with E-state index in [2.05, 4.69) is 17.6 Å². The van der Waals surface area contributed by atoms with Gasteiger partial charge in [-0.05, 0) is 12.1 Å². The largest absolute Gasteiger partial charge is 0.497 e. The molecule has 1 heterocycles. The van der Waals surface area contributed by atoms with Crippen LogP contribution in [0.3, 0.4) is 0 Å². The zero-order chi connectivity index (χ0) is 11.5. The molecule has 0 spiro atoms. The number of hydrogen-bond donors (Lipinski definition) is 2. The molecule has 86 valence electrons. The summed E-state index contributed by atoms with van der Waals surface area (Å²) in [7, 11) is 1.63. The van der Waals surface area contributed by atoms with Gasteiger partial charge in [-0.2, -0.15) is 12.6 Å². The maximum atomic E-state index is 9.02. The summed E-state index contributed by atoms with van der Waals surface area (Å²) in [5.41, 5.74) is 1.87. The molecule has 0 bridgehead atoms. The summed E-state index contributed by atoms with van der Waals surface area (Å²) in [6.45, 7) is 0.636. The topological polar surface area (TPSA) is 47.3 Å². The fraction of sp³-hybridized carbons (Fsp3) is 0.364. The second kappa shape index (κ2) is 4.76. The Labute approximate surface area is 99.3 Å². The first-order chi connectivity index (χ1) is 7.80. The number of aromatic nitrogens is 2. The third-order valence-electron chi connectivity index (χ3n) is 2.50. The van der Waals surface area contributed by atoms with Gasteiger partial charge in [0.1, 0.15) is 11.6 Å². The van der Waals surface area contributed by atoms with Crippen LogP contribution in [0.1, 0.15) is 5.82 Å². The molecule has 0 aliphatic carbocycles. The van der Waals surface area contributed by atoms with E-state index in [0.29, 0.717) is 12.3 Å². The minimum Gasteiger partial charge on any atom is -0.497 e. The maximum absolute atomic E-state index is 9.02. The molecule has 16 heavy (non-hydrogen) atoms. The zero-order valence-corrected chi connectivity index (χ0v) is 9.94. The molecule has 2 rings (SSSR count). The molecule has 4 nitrogen and oxygen atoms in total. The first-order valence-electron chi connectivity index (χ1n) is 5.05. The number of fused-ring (bicyclic) bond motifs is 1. The van der Waals surface area contributed by atoms with Gasteiger partial charge in [0.2, 0.25) is 0 Å². The Morgan fingerprint density at radius 1 is 1.50 bits per heavy atom. The second-order valence-corrected chi connectivity index (χ2v) is 3.73. The van der Waals surface area contributed by atoms with E-state index in [1.165, 1.54) is 0 Å². The Morgan fingerprint density at radius 3 is 2.94 bits per heavy atom. The number of aliphatic hydroxyl groups is 1. The molecular weight excluding hydrogens is 224 g/mol. The minimum atomic E-state index is 0.0955. The molecule has 0 amide bonds. The first-order valence-corrected chi connectivity index (χ1v) is 5.68. The molecule has 0 unspecified atom stereocenters. The van der Waals surface area contributed by atoms with E-state index >= 15 is 0 Å². The first kappa shape index (κ1) is 11.3. The number of methoxy groups -OCH3 is 1. The molecule has 0 aliphatic rings. The van der Waals surface area contributed by atoms with Crippen molar-refractivity contribution in [3.63, 3.8) is 0 Å². The summed E-state index contributed by atoms with van der Waals surface area (Å²) in [4.78, 5) is 4.45. The van der Waals surface area contributed by atoms with Gasteiger partial charge in [-0.1, -0.05) is 0 Å². The molecule has 0 radical (unpaired) electrons. The summed E-state index contributed by atoms with van der Waals surface area (Å²) in [5.74, 6) is 2.20. The van der Waals surface area contributed by atoms with Crippen molar-refractivity contribution in [1.29, 1.82) is 0 Å². The standard InChI is InChI=1S/C11H14N2O2S/c1-15-8-2-3-10-9(6-8)12-11(7-16)13(10)4-5-14/h2-3,6,14,16H,4-5,7H2,1H3. The Morgan fingerprint density at radius 2 is 2.31 bits per heavy atom. The Hall–Kier alpha value is -1.20. The van der Waals surface area contributed by atoms with Gasteiger partial charge in [-0.15, -0.1) is 0 Å². The molecule has 0 saturated heterocycles. The number of aliphatic hydroxyl groups excluding tert-OH is 1. The van der Waals surface area contributed by atoms with E-state index in [1.54, 1.807) is 7.11 Å². The number of hydrogen-bond acceptors (Lipinski definition) is 4. The molecule has 1 aromatic heterocycles. The molecule has 0 saturated carbocycles. The van der Waals surface area contributed by atoms with Crippen LogP contribution in [-0.2, 0) is 12.3 Å². The minimum absolute atomic E-state index is 0.0955. The summed E-state index contributed by atoms with van der Waals surface area (Å²) >= 11 is 4.24. The molecule has 2 aromatic rings. The van der Waals surface area contributed by atoms with E-state index in [-0.39, 0.29) is 6.61 Å². The molecule has 0 aliphatic heterocycles. The fourth-order valence-electron chi connectivity index (χ4n) is 1.76. The summed E-state index contributed by atoms with van der Waals surface area (Å²) in [6.07, 6.45) is 0. The van der Waals surface area contributed by atoms with Gasteiger partial charge in [0.05, 0.1) is 24.8 Å². The van der Waals surface area contributed by atoms with Crippen LogP contribution in [0.2, 0.25) is 0 Å². The van der Waals surface area contributed by atoms with Gasteiger partial charge >= 0.3 is 0 Å². The summed E-state index contributed by atoms with van der Waals surface area (Å²) in [6, 6.07) is 5.72. The Bertz CT molecular complexity index is 496. The fourth-order valence-corrected chi connectivity index (χ4v) is 2.00. The van der Waals surface area contributed by atoms with Crippen LogP contribution in [0.5, 0.6) is 5.75 Å². The average molecular weight is 238 g/mol. The SMILES string of the molecule is COc1ccc2c(c1)nc(CS)n2CCO. The van der Waals surface area contributed by atoms with Gasteiger partial charge in [0.15, 0.2) is 0 Å². The summed E-state index contributed by atoms with van der Waals surface area (Å²) < 4.78 is 7.12. The van der Waals surface area contributed by atoms with E-state index in [0.717, 1.165) is 22.6 Å². The third kappa shape index (κ3) is 1.88. The normalized spacial score (nSPS) is 10.9. The van der Waals surface area contributed by atoms with Crippen molar-refractivity contribution >= 4 is 23.7 Å².